The summed E-state index contributed by atoms with van der Waals surface area (Å²) in [6.45, 7) is 24.2. The molecule has 0 saturated carbocycles. The van der Waals surface area contributed by atoms with E-state index in [1.54, 1.807) is 40.6 Å². The molecule has 80 heavy (non-hydrogen) atoms. The second-order valence-electron chi connectivity index (χ2n) is 19.4. The second-order valence-corrected chi connectivity index (χ2v) is 19.4. The minimum Gasteiger partial charge on any atom is -0.394 e. The largest absolute Gasteiger partial charge is 0.394 e. The first-order valence-electron chi connectivity index (χ1n) is 29.3. The van der Waals surface area contributed by atoms with Gasteiger partial charge in [0.15, 0.2) is 0 Å². The lowest BCUT2D eigenvalue weighted by atomic mass is 9.88. The molecule has 1 fully saturated rings. The third kappa shape index (κ3) is 28.3. The highest BCUT2D eigenvalue weighted by molar-refractivity contribution is 7.15. The van der Waals surface area contributed by atoms with Crippen molar-refractivity contribution in [1.82, 2.24) is 26.2 Å². The predicted octanol–water partition coefficient (Wildman–Crippen LogP) is 8.89. The molecule has 19 heteroatoms. The third-order valence-corrected chi connectivity index (χ3v) is 14.6. The number of ether oxygens (including phenoxy) is 3. The normalized spacial score (nSPS) is 15.6. The Morgan fingerprint density at radius 3 is 2.15 bits per heavy atom. The number of carbonyl (C=O) groups is 3. The predicted molar refractivity (Wildman–Crippen MR) is 335 cm³/mol. The first-order chi connectivity index (χ1) is 38.7. The van der Waals surface area contributed by atoms with Gasteiger partial charge in [-0.25, -0.2) is 8.78 Å². The number of aryl methyl sites for hydroxylation is 2. The number of anilines is 1. The highest BCUT2D eigenvalue weighted by Gasteiger charge is 2.30. The van der Waals surface area contributed by atoms with Crippen molar-refractivity contribution in [2.45, 2.75) is 182 Å². The van der Waals surface area contributed by atoms with Crippen LogP contribution in [-0.2, 0) is 48.0 Å². The van der Waals surface area contributed by atoms with E-state index in [1.165, 1.54) is 36.0 Å². The smallest absolute Gasteiger partial charge is 0.264 e. The number of nitrogens with one attached hydrogen (secondary N) is 4. The molecule has 2 aliphatic rings. The van der Waals surface area contributed by atoms with E-state index in [-0.39, 0.29) is 30.4 Å². The number of halogens is 2. The van der Waals surface area contributed by atoms with Gasteiger partial charge in [0.25, 0.3) is 6.43 Å². The number of nitrogens with two attached hydrogens (primary N) is 4. The van der Waals surface area contributed by atoms with Crippen molar-refractivity contribution in [3.8, 4) is 0 Å². The van der Waals surface area contributed by atoms with E-state index >= 15 is 0 Å². The van der Waals surface area contributed by atoms with Gasteiger partial charge >= 0.3 is 0 Å². The van der Waals surface area contributed by atoms with Crippen molar-refractivity contribution >= 4 is 39.6 Å². The van der Waals surface area contributed by atoms with Gasteiger partial charge in [0.05, 0.1) is 24.9 Å². The van der Waals surface area contributed by atoms with Gasteiger partial charge in [0.1, 0.15) is 13.0 Å². The van der Waals surface area contributed by atoms with E-state index < -0.39 is 24.5 Å². The number of piperidine rings is 1. The number of benzene rings is 2. The van der Waals surface area contributed by atoms with Crippen LogP contribution < -0.4 is 49.1 Å². The first-order valence-corrected chi connectivity index (χ1v) is 30.5. The summed E-state index contributed by atoms with van der Waals surface area (Å²) in [5.74, 6) is 0.281. The number of likely N-dealkylation sites (tertiary alicyclic amines) is 1. The van der Waals surface area contributed by atoms with Gasteiger partial charge in [-0.05, 0) is 181 Å². The zero-order valence-corrected chi connectivity index (χ0v) is 53.0. The van der Waals surface area contributed by atoms with E-state index in [0.29, 0.717) is 50.1 Å². The summed E-state index contributed by atoms with van der Waals surface area (Å²) in [5, 5.41) is 13.0. The molecule has 0 bridgehead atoms. The van der Waals surface area contributed by atoms with Gasteiger partial charge in [0.2, 0.25) is 12.3 Å². The monoisotopic (exact) mass is 1150 g/mol. The Morgan fingerprint density at radius 2 is 1.60 bits per heavy atom. The minimum absolute atomic E-state index is 0.0384. The number of hydrogen-bond donors (Lipinski definition) is 8. The van der Waals surface area contributed by atoms with Crippen molar-refractivity contribution < 1.29 is 37.4 Å². The Bertz CT molecular complexity index is 1980. The summed E-state index contributed by atoms with van der Waals surface area (Å²) in [6.07, 6.45) is 12.6. The second kappa shape index (κ2) is 48.4. The molecule has 2 aromatic rings. The molecule has 2 heterocycles. The third-order valence-electron chi connectivity index (χ3n) is 14.6. The van der Waals surface area contributed by atoms with Crippen LogP contribution in [0.4, 0.5) is 14.5 Å². The van der Waals surface area contributed by atoms with Crippen LogP contribution >= 0.6 is 9.24 Å². The lowest BCUT2D eigenvalue weighted by Gasteiger charge is -2.39. The summed E-state index contributed by atoms with van der Waals surface area (Å²) in [6, 6.07) is 9.76. The number of methoxy groups -OCH3 is 3. The molecular formula is C61H113F2N10O6P. The molecule has 2 amide bonds. The lowest BCUT2D eigenvalue weighted by molar-refractivity contribution is -0.119. The molecule has 6 unspecified atom stereocenters. The van der Waals surface area contributed by atoms with Gasteiger partial charge < -0.3 is 73.0 Å². The van der Waals surface area contributed by atoms with Gasteiger partial charge in [-0.1, -0.05) is 65.9 Å². The number of nitrogens with zero attached hydrogens (tertiary/aromatic N) is 2. The fourth-order valence-electron chi connectivity index (χ4n) is 10.0. The van der Waals surface area contributed by atoms with Crippen LogP contribution in [0.15, 0.2) is 47.8 Å². The highest BCUT2D eigenvalue weighted by Crippen LogP contribution is 2.38. The molecule has 4 rings (SSSR count). The van der Waals surface area contributed by atoms with Crippen LogP contribution in [0.2, 0.25) is 0 Å². The quantitative estimate of drug-likeness (QED) is 0.0189. The van der Waals surface area contributed by atoms with E-state index in [4.69, 9.17) is 41.9 Å². The van der Waals surface area contributed by atoms with E-state index in [2.05, 4.69) is 72.4 Å². The number of unbranched alkanes of at least 4 members (excludes halogenated alkanes) is 1. The SMILES string of the molecule is C=O.CC.CC.CC/C(=C(\CCNC=O)NC(CCCCN1CCC(CCc2cccc(C(C)OC)c2COC)CC1)CCNC)C(N)N1CCCc2cc(/C(=C/NC)CN)c(C(F)F)cc21.COC(C)CCC(N)C(N)=O.CP. The Labute approximate surface area is 486 Å². The first kappa shape index (κ1) is 78.0. The van der Waals surface area contributed by atoms with Crippen molar-refractivity contribution in [2.75, 3.05) is 92.8 Å². The molecule has 1 saturated heterocycles. The summed E-state index contributed by atoms with van der Waals surface area (Å²) in [7, 11) is 11.3. The molecule has 2 aliphatic heterocycles. The summed E-state index contributed by atoms with van der Waals surface area (Å²) in [5.41, 5.74) is 32.3. The number of carbonyl (C=O) groups excluding carboxylic acids is 3. The molecule has 0 radical (unpaired) electrons. The Hall–Kier alpha value is -4.10. The van der Waals surface area contributed by atoms with E-state index in [0.717, 1.165) is 112 Å². The lowest BCUT2D eigenvalue weighted by Crippen LogP contribution is -2.48. The molecular weight excluding hydrogens is 1040 g/mol. The van der Waals surface area contributed by atoms with Crippen LogP contribution in [0.3, 0.4) is 0 Å². The standard InChI is InChI=1S/C48H78F2N8O3.C7H16N2O2.2C2H6.CH2O.CH5P/c1-7-40(48(52)58-25-11-13-37-28-42(38(30-51)31-54-4)43(47(49)50)29-46(37)58)45(19-23-55-33-59)56-39(18-22-53-3)14-8-9-24-57-26-20-35(21-27-57)16-17-36-12-10-15-41(34(2)61-6)44(36)32-60-5;1-5(11-2)3-4-6(8)7(9)10;4*1-2/h10,12,15,28-29,31,33-35,39,47-48,53-54,56H,7-9,11,13-14,16-27,30,32,51-52H2,1-6H3,(H,55,59);5-6H,3-4,8H2,1-2H3,(H2,9,10);2*1-2H3;1H2;2H2,1H3/b38-31+,45-40-;;;;;. The fraction of sp³-hybridized carbons (Fsp3) is 0.689. The molecule has 16 nitrogen and oxygen atoms in total. The maximum atomic E-state index is 14.6. The van der Waals surface area contributed by atoms with Crippen LogP contribution in [0.1, 0.15) is 171 Å². The number of fused-ring (bicyclic) bond motifs is 1. The number of alkyl halides is 2. The van der Waals surface area contributed by atoms with Crippen molar-refractivity contribution in [3.63, 3.8) is 0 Å². The number of amides is 2. The van der Waals surface area contributed by atoms with E-state index in [9.17, 15) is 18.4 Å². The topological polar surface area (TPSA) is 238 Å². The minimum atomic E-state index is -2.67. The summed E-state index contributed by atoms with van der Waals surface area (Å²) < 4.78 is 45.5. The molecule has 6 atom stereocenters. The number of primary amides is 1. The molecule has 462 valence electrons. The van der Waals surface area contributed by atoms with Crippen LogP contribution in [0, 0.1) is 5.92 Å². The summed E-state index contributed by atoms with van der Waals surface area (Å²) >= 11 is 0. The van der Waals surface area contributed by atoms with Gasteiger partial charge in [-0.15, -0.1) is 9.24 Å². The van der Waals surface area contributed by atoms with Gasteiger partial charge in [-0.3, -0.25) is 9.59 Å². The van der Waals surface area contributed by atoms with Crippen molar-refractivity contribution in [2.24, 2.45) is 28.9 Å². The van der Waals surface area contributed by atoms with Crippen molar-refractivity contribution in [3.05, 3.63) is 81.2 Å². The average Bonchev–Trinajstić information content (AvgIpc) is 3.49. The Kier molecular flexibility index (Phi) is 47.2. The van der Waals surface area contributed by atoms with E-state index in [1.807, 2.05) is 61.2 Å². The highest BCUT2D eigenvalue weighted by atomic mass is 31.0. The van der Waals surface area contributed by atoms with Crippen molar-refractivity contribution in [1.29, 1.82) is 0 Å². The molecule has 2 aromatic carbocycles. The fourth-order valence-corrected chi connectivity index (χ4v) is 10.0. The molecule has 0 aromatic heterocycles. The Morgan fingerprint density at radius 1 is 0.925 bits per heavy atom. The summed E-state index contributed by atoms with van der Waals surface area (Å²) in [4.78, 5) is 34.5. The molecule has 0 spiro atoms. The number of rotatable bonds is 33. The van der Waals surface area contributed by atoms with Crippen LogP contribution in [-0.4, -0.2) is 136 Å². The zero-order valence-electron chi connectivity index (χ0n) is 51.8. The zero-order chi connectivity index (χ0) is 61.0. The maximum absolute atomic E-state index is 14.6. The number of hydrogen-bond acceptors (Lipinski definition) is 14. The van der Waals surface area contributed by atoms with Crippen LogP contribution in [0.5, 0.6) is 0 Å². The molecule has 0 aliphatic carbocycles. The van der Waals surface area contributed by atoms with Gasteiger partial charge in [-0.2, -0.15) is 0 Å². The Balaban J connectivity index is 0. The van der Waals surface area contributed by atoms with Gasteiger partial charge in [0, 0.05) is 83.6 Å². The average molecular weight is 1150 g/mol. The van der Waals surface area contributed by atoms with Crippen LogP contribution in [0.25, 0.3) is 5.57 Å². The molecule has 12 N–H and O–H groups in total. The maximum Gasteiger partial charge on any atom is 0.264 e.